The summed E-state index contributed by atoms with van der Waals surface area (Å²) in [5.74, 6) is -10.5. The fraction of sp³-hybridized carbons (Fsp3) is 0.381. The van der Waals surface area contributed by atoms with Crippen LogP contribution in [0.15, 0.2) is 17.1 Å². The van der Waals surface area contributed by atoms with Gasteiger partial charge in [0.2, 0.25) is 5.82 Å². The molecule has 2 nitrogen and oxygen atoms in total. The quantitative estimate of drug-likeness (QED) is 0.268. The number of nitrogens with zero attached hydrogens (tertiary/aromatic N) is 1. The van der Waals surface area contributed by atoms with Crippen molar-refractivity contribution in [3.05, 3.63) is 57.9 Å². The van der Waals surface area contributed by atoms with E-state index in [1.807, 2.05) is 47.6 Å². The molecule has 0 spiro atoms. The van der Waals surface area contributed by atoms with Gasteiger partial charge < -0.3 is 5.11 Å². The fourth-order valence-corrected chi connectivity index (χ4v) is 2.59. The van der Waals surface area contributed by atoms with Crippen molar-refractivity contribution in [3.8, 4) is 5.75 Å². The first-order chi connectivity index (χ1) is 12.7. The van der Waals surface area contributed by atoms with Crippen LogP contribution in [0.5, 0.6) is 5.75 Å². The van der Waals surface area contributed by atoms with E-state index < -0.39 is 40.1 Å². The molecule has 28 heavy (non-hydrogen) atoms. The standard InChI is InChI=1S/C21H22F5NO/c1-20(2,3)10-7-12(21(4,5)6)19(28)13(8-10)27-9-11-14(22)16(24)18(26)17(25)15(11)23/h7-9,28H,1-6H3/b27-9-. The molecule has 0 heterocycles. The van der Waals surface area contributed by atoms with E-state index in [0.29, 0.717) is 11.8 Å². The van der Waals surface area contributed by atoms with Crippen LogP contribution in [0.1, 0.15) is 58.2 Å². The highest BCUT2D eigenvalue weighted by atomic mass is 19.2. The van der Waals surface area contributed by atoms with E-state index in [1.54, 1.807) is 0 Å². The van der Waals surface area contributed by atoms with E-state index in [0.717, 1.165) is 5.56 Å². The van der Waals surface area contributed by atoms with Crippen molar-refractivity contribution in [2.75, 3.05) is 0 Å². The second-order valence-corrected chi connectivity index (χ2v) is 8.63. The summed E-state index contributed by atoms with van der Waals surface area (Å²) >= 11 is 0. The van der Waals surface area contributed by atoms with Crippen LogP contribution in [0.2, 0.25) is 0 Å². The van der Waals surface area contributed by atoms with Gasteiger partial charge >= 0.3 is 0 Å². The lowest BCUT2D eigenvalue weighted by molar-refractivity contribution is 0.377. The summed E-state index contributed by atoms with van der Waals surface area (Å²) in [6, 6.07) is 3.33. The zero-order chi connectivity index (χ0) is 21.6. The SMILES string of the molecule is CC(C)(C)c1cc(/N=C\c2c(F)c(F)c(F)c(F)c2F)c(O)c(C(C)(C)C)c1. The smallest absolute Gasteiger partial charge is 0.200 e. The molecule has 0 aliphatic rings. The molecule has 0 saturated heterocycles. The highest BCUT2D eigenvalue weighted by Gasteiger charge is 2.26. The van der Waals surface area contributed by atoms with Crippen LogP contribution in [-0.2, 0) is 10.8 Å². The normalized spacial score (nSPS) is 12.8. The first-order valence-corrected chi connectivity index (χ1v) is 8.59. The topological polar surface area (TPSA) is 32.6 Å². The Morgan fingerprint density at radius 3 is 1.64 bits per heavy atom. The number of rotatable bonds is 2. The van der Waals surface area contributed by atoms with Crippen LogP contribution in [0.3, 0.4) is 0 Å². The predicted molar refractivity (Wildman–Crippen MR) is 99.0 cm³/mol. The molecular formula is C21H22F5NO. The molecule has 0 aliphatic carbocycles. The van der Waals surface area contributed by atoms with Crippen LogP contribution >= 0.6 is 0 Å². The monoisotopic (exact) mass is 399 g/mol. The highest BCUT2D eigenvalue weighted by Crippen LogP contribution is 2.41. The molecule has 0 fully saturated rings. The van der Waals surface area contributed by atoms with E-state index >= 15 is 0 Å². The van der Waals surface area contributed by atoms with Crippen molar-refractivity contribution in [1.82, 2.24) is 0 Å². The van der Waals surface area contributed by atoms with E-state index in [2.05, 4.69) is 4.99 Å². The van der Waals surface area contributed by atoms with Crippen LogP contribution in [0.25, 0.3) is 0 Å². The van der Waals surface area contributed by atoms with Gasteiger partial charge in [-0.1, -0.05) is 47.6 Å². The Bertz CT molecular complexity index is 924. The third-order valence-corrected chi connectivity index (χ3v) is 4.34. The van der Waals surface area contributed by atoms with E-state index in [4.69, 9.17) is 0 Å². The molecular weight excluding hydrogens is 377 g/mol. The summed E-state index contributed by atoms with van der Waals surface area (Å²) in [6.45, 7) is 11.4. The van der Waals surface area contributed by atoms with Crippen LogP contribution in [-0.4, -0.2) is 11.3 Å². The highest BCUT2D eigenvalue weighted by molar-refractivity contribution is 5.84. The van der Waals surface area contributed by atoms with Gasteiger partial charge in [-0.15, -0.1) is 0 Å². The van der Waals surface area contributed by atoms with Gasteiger partial charge in [-0.2, -0.15) is 0 Å². The number of aromatic hydroxyl groups is 1. The number of hydrogen-bond acceptors (Lipinski definition) is 2. The Hall–Kier alpha value is -2.44. The molecule has 0 atom stereocenters. The van der Waals surface area contributed by atoms with Gasteiger partial charge in [-0.3, -0.25) is 4.99 Å². The molecule has 0 unspecified atom stereocenters. The lowest BCUT2D eigenvalue weighted by atomic mass is 9.80. The van der Waals surface area contributed by atoms with Gasteiger partial charge in [0, 0.05) is 11.8 Å². The molecule has 0 amide bonds. The minimum atomic E-state index is -2.24. The maximum Gasteiger partial charge on any atom is 0.200 e. The Morgan fingerprint density at radius 1 is 0.750 bits per heavy atom. The molecule has 0 radical (unpaired) electrons. The van der Waals surface area contributed by atoms with Gasteiger partial charge in [0.1, 0.15) is 11.4 Å². The molecule has 0 aliphatic heterocycles. The third kappa shape index (κ3) is 4.03. The minimum Gasteiger partial charge on any atom is -0.505 e. The van der Waals surface area contributed by atoms with Gasteiger partial charge in [-0.25, -0.2) is 22.0 Å². The van der Waals surface area contributed by atoms with E-state index in [1.165, 1.54) is 6.07 Å². The first kappa shape index (κ1) is 21.9. The Kier molecular flexibility index (Phi) is 5.61. The van der Waals surface area contributed by atoms with Gasteiger partial charge in [0.25, 0.3) is 0 Å². The predicted octanol–water partition coefficient (Wildman–Crippen LogP) is 6.43. The maximum atomic E-state index is 13.9. The summed E-state index contributed by atoms with van der Waals surface area (Å²) < 4.78 is 67.7. The maximum absolute atomic E-state index is 13.9. The average Bonchev–Trinajstić information content (AvgIpc) is 2.57. The van der Waals surface area contributed by atoms with Crippen LogP contribution in [0, 0.1) is 29.1 Å². The van der Waals surface area contributed by atoms with Gasteiger partial charge in [0.15, 0.2) is 23.3 Å². The number of phenols is 1. The molecule has 7 heteroatoms. The molecule has 1 N–H and O–H groups in total. The Labute approximate surface area is 160 Å². The lowest BCUT2D eigenvalue weighted by Gasteiger charge is -2.26. The molecule has 2 rings (SSSR count). The molecule has 0 bridgehead atoms. The number of benzene rings is 2. The fourth-order valence-electron chi connectivity index (χ4n) is 2.59. The van der Waals surface area contributed by atoms with E-state index in [9.17, 15) is 27.1 Å². The summed E-state index contributed by atoms with van der Waals surface area (Å²) in [7, 11) is 0. The number of halogens is 5. The second kappa shape index (κ2) is 7.18. The van der Waals surface area contributed by atoms with Gasteiger partial charge in [0.05, 0.1) is 5.56 Å². The number of aliphatic imine (C=N–C) groups is 1. The summed E-state index contributed by atoms with van der Waals surface area (Å²) in [6.07, 6.45) is 0.532. The number of hydrogen-bond donors (Lipinski definition) is 1. The Balaban J connectivity index is 2.71. The largest absolute Gasteiger partial charge is 0.505 e. The molecule has 0 aromatic heterocycles. The zero-order valence-corrected chi connectivity index (χ0v) is 16.5. The van der Waals surface area contributed by atoms with Crippen molar-refractivity contribution in [2.45, 2.75) is 52.4 Å². The van der Waals surface area contributed by atoms with E-state index in [-0.39, 0.29) is 16.9 Å². The lowest BCUT2D eigenvalue weighted by Crippen LogP contribution is -2.16. The zero-order valence-electron chi connectivity index (χ0n) is 16.5. The van der Waals surface area contributed by atoms with Crippen molar-refractivity contribution in [3.63, 3.8) is 0 Å². The molecule has 2 aromatic carbocycles. The first-order valence-electron chi connectivity index (χ1n) is 8.59. The second-order valence-electron chi connectivity index (χ2n) is 8.63. The summed E-state index contributed by atoms with van der Waals surface area (Å²) in [5, 5.41) is 10.6. The number of phenolic OH excluding ortho intramolecular Hbond substituents is 1. The third-order valence-electron chi connectivity index (χ3n) is 4.34. The molecule has 0 saturated carbocycles. The van der Waals surface area contributed by atoms with Crippen molar-refractivity contribution in [1.29, 1.82) is 0 Å². The molecule has 2 aromatic rings. The summed E-state index contributed by atoms with van der Waals surface area (Å²) in [4.78, 5) is 3.85. The van der Waals surface area contributed by atoms with Crippen LogP contribution < -0.4 is 0 Å². The van der Waals surface area contributed by atoms with Crippen molar-refractivity contribution >= 4 is 11.9 Å². The van der Waals surface area contributed by atoms with Gasteiger partial charge in [-0.05, 0) is 22.5 Å². The Morgan fingerprint density at radius 2 is 1.21 bits per heavy atom. The van der Waals surface area contributed by atoms with Crippen LogP contribution in [0.4, 0.5) is 27.6 Å². The molecule has 152 valence electrons. The summed E-state index contributed by atoms with van der Waals surface area (Å²) in [5.41, 5.74) is -0.664. The van der Waals surface area contributed by atoms with Crippen molar-refractivity contribution in [2.24, 2.45) is 4.99 Å². The average molecular weight is 399 g/mol. The minimum absolute atomic E-state index is 0.0266. The van der Waals surface area contributed by atoms with Crippen molar-refractivity contribution < 1.29 is 27.1 Å².